The number of pyridine rings is 1. The van der Waals surface area contributed by atoms with E-state index in [1.54, 1.807) is 28.7 Å². The number of piperazine rings is 1. The summed E-state index contributed by atoms with van der Waals surface area (Å²) in [6.07, 6.45) is 4.28. The summed E-state index contributed by atoms with van der Waals surface area (Å²) in [5.41, 5.74) is 2.88. The zero-order valence-corrected chi connectivity index (χ0v) is 23.6. The summed E-state index contributed by atoms with van der Waals surface area (Å²) in [5, 5.41) is 0. The molecule has 1 atom stereocenters. The Morgan fingerprint density at radius 1 is 1.08 bits per heavy atom. The van der Waals surface area contributed by atoms with Crippen LogP contribution in [0.1, 0.15) is 31.4 Å². The lowest BCUT2D eigenvalue weighted by Gasteiger charge is -2.37. The molecular weight excluding hydrogens is 518 g/mol. The van der Waals surface area contributed by atoms with E-state index in [4.69, 9.17) is 21.9 Å². The van der Waals surface area contributed by atoms with E-state index in [0.717, 1.165) is 36.5 Å². The van der Waals surface area contributed by atoms with Crippen molar-refractivity contribution in [3.05, 3.63) is 69.0 Å². The van der Waals surface area contributed by atoms with Crippen molar-refractivity contribution in [1.29, 1.82) is 0 Å². The van der Waals surface area contributed by atoms with E-state index < -0.39 is 0 Å². The number of thioether (sulfide) groups is 1. The number of benzene rings is 1. The number of carbonyl (C=O) groups excluding carboxylic acids is 1. The van der Waals surface area contributed by atoms with Gasteiger partial charge in [-0.1, -0.05) is 37.0 Å². The molecule has 2 fully saturated rings. The molecule has 2 aromatic heterocycles. The molecule has 1 amide bonds. The van der Waals surface area contributed by atoms with Crippen molar-refractivity contribution >= 4 is 57.4 Å². The van der Waals surface area contributed by atoms with Gasteiger partial charge in [-0.2, -0.15) is 0 Å². The molecule has 1 unspecified atom stereocenters. The van der Waals surface area contributed by atoms with Gasteiger partial charge in [0.2, 0.25) is 0 Å². The molecule has 2 saturated heterocycles. The molecule has 0 aliphatic carbocycles. The van der Waals surface area contributed by atoms with Gasteiger partial charge in [0.15, 0.2) is 0 Å². The first-order chi connectivity index (χ1) is 18.3. The minimum absolute atomic E-state index is 0.00243. The van der Waals surface area contributed by atoms with Crippen LogP contribution >= 0.6 is 24.0 Å². The highest BCUT2D eigenvalue weighted by Gasteiger charge is 2.35. The first-order valence-electron chi connectivity index (χ1n) is 12.7. The van der Waals surface area contributed by atoms with Gasteiger partial charge in [0.1, 0.15) is 21.5 Å². The van der Waals surface area contributed by atoms with E-state index in [1.807, 2.05) is 45.0 Å². The van der Waals surface area contributed by atoms with Gasteiger partial charge in [-0.3, -0.25) is 18.9 Å². The van der Waals surface area contributed by atoms with Crippen molar-refractivity contribution in [3.63, 3.8) is 0 Å². The number of nitrogens with zero attached hydrogens (tertiary/aromatic N) is 5. The fourth-order valence-electron chi connectivity index (χ4n) is 4.76. The number of fused-ring (bicyclic) bond motifs is 1. The summed E-state index contributed by atoms with van der Waals surface area (Å²) in [6, 6.07) is 11.8. The van der Waals surface area contributed by atoms with Crippen LogP contribution in [0.4, 0.5) is 11.5 Å². The van der Waals surface area contributed by atoms with Crippen molar-refractivity contribution in [2.75, 3.05) is 43.1 Å². The molecule has 3 aromatic rings. The fourth-order valence-corrected chi connectivity index (χ4v) is 6.20. The zero-order chi connectivity index (χ0) is 27.0. The van der Waals surface area contributed by atoms with Crippen LogP contribution in [-0.2, 0) is 4.79 Å². The third-order valence-electron chi connectivity index (χ3n) is 7.13. The van der Waals surface area contributed by atoms with Crippen LogP contribution < -0.4 is 20.1 Å². The Morgan fingerprint density at radius 3 is 2.42 bits per heavy atom. The molecule has 0 radical (unpaired) electrons. The molecule has 0 spiro atoms. The summed E-state index contributed by atoms with van der Waals surface area (Å²) in [6.45, 7) is 8.88. The summed E-state index contributed by atoms with van der Waals surface area (Å²) in [5.74, 6) is 1.27. The fraction of sp³-hybridized carbons (Fsp3) is 0.357. The van der Waals surface area contributed by atoms with Crippen LogP contribution in [0.15, 0.2) is 52.3 Å². The quantitative estimate of drug-likeness (QED) is 0.332. The van der Waals surface area contributed by atoms with Gasteiger partial charge in [-0.05, 0) is 62.2 Å². The van der Waals surface area contributed by atoms with E-state index in [-0.39, 0.29) is 17.5 Å². The number of ether oxygens (including phenoxy) is 1. The van der Waals surface area contributed by atoms with Crippen molar-refractivity contribution < 1.29 is 9.53 Å². The second-order valence-electron chi connectivity index (χ2n) is 9.57. The number of carbonyl (C=O) groups is 1. The van der Waals surface area contributed by atoms with E-state index >= 15 is 0 Å². The van der Waals surface area contributed by atoms with Crippen molar-refractivity contribution in [2.45, 2.75) is 33.2 Å². The summed E-state index contributed by atoms with van der Waals surface area (Å²) in [7, 11) is 1.66. The first kappa shape index (κ1) is 26.2. The minimum atomic E-state index is -0.194. The lowest BCUT2D eigenvalue weighted by molar-refractivity contribution is -0.123. The van der Waals surface area contributed by atoms with Crippen LogP contribution in [0, 0.1) is 6.92 Å². The van der Waals surface area contributed by atoms with Crippen LogP contribution in [-0.4, -0.2) is 63.8 Å². The smallest absolute Gasteiger partial charge is 0.267 e. The number of methoxy groups -OCH3 is 1. The number of aromatic nitrogens is 2. The number of anilines is 2. The predicted molar refractivity (Wildman–Crippen MR) is 158 cm³/mol. The lowest BCUT2D eigenvalue weighted by atomic mass is 10.2. The predicted octanol–water partition coefficient (Wildman–Crippen LogP) is 4.34. The molecule has 38 heavy (non-hydrogen) atoms. The van der Waals surface area contributed by atoms with Crippen molar-refractivity contribution in [2.24, 2.45) is 0 Å². The molecule has 0 N–H and O–H groups in total. The molecular formula is C28H31N5O3S2. The van der Waals surface area contributed by atoms with Gasteiger partial charge in [0, 0.05) is 44.1 Å². The standard InChI is InChI=1S/C28H31N5O3S2/c1-5-19(3)33-27(35)23(38-28(33)37)16-22-25(29-24-11-6-18(2)17-32(24)26(22)34)31-14-12-30(13-15-31)20-7-9-21(36-4)10-8-20/h6-11,16-17,19H,5,12-15H2,1-4H3/b23-16-. The summed E-state index contributed by atoms with van der Waals surface area (Å²) in [4.78, 5) is 38.6. The number of amides is 1. The molecule has 2 aliphatic heterocycles. The largest absolute Gasteiger partial charge is 0.497 e. The molecule has 8 nitrogen and oxygen atoms in total. The maximum atomic E-state index is 13.8. The third-order valence-corrected chi connectivity index (χ3v) is 8.46. The van der Waals surface area contributed by atoms with E-state index in [9.17, 15) is 9.59 Å². The Balaban J connectivity index is 1.51. The van der Waals surface area contributed by atoms with E-state index in [2.05, 4.69) is 21.9 Å². The number of rotatable bonds is 6. The Morgan fingerprint density at radius 2 is 1.76 bits per heavy atom. The van der Waals surface area contributed by atoms with Crippen LogP contribution in [0.3, 0.4) is 0 Å². The number of hydrogen-bond acceptors (Lipinski definition) is 8. The molecule has 4 heterocycles. The summed E-state index contributed by atoms with van der Waals surface area (Å²) < 4.78 is 7.37. The lowest BCUT2D eigenvalue weighted by Crippen LogP contribution is -2.47. The highest BCUT2D eigenvalue weighted by molar-refractivity contribution is 8.26. The topological polar surface area (TPSA) is 70.4 Å². The number of thiocarbonyl (C=S) groups is 1. The van der Waals surface area contributed by atoms with Gasteiger partial charge in [-0.25, -0.2) is 4.98 Å². The normalized spacial score (nSPS) is 18.1. The van der Waals surface area contributed by atoms with Crippen LogP contribution in [0.25, 0.3) is 11.7 Å². The van der Waals surface area contributed by atoms with Gasteiger partial charge >= 0.3 is 0 Å². The average Bonchev–Trinajstić information content (AvgIpc) is 3.22. The Hall–Kier alpha value is -3.37. The van der Waals surface area contributed by atoms with Crippen molar-refractivity contribution in [1.82, 2.24) is 14.3 Å². The maximum absolute atomic E-state index is 13.8. The Kier molecular flexibility index (Phi) is 7.45. The molecule has 0 saturated carbocycles. The average molecular weight is 550 g/mol. The minimum Gasteiger partial charge on any atom is -0.497 e. The molecule has 0 bridgehead atoms. The molecule has 5 rings (SSSR count). The van der Waals surface area contributed by atoms with Crippen LogP contribution in [0.2, 0.25) is 0 Å². The molecule has 2 aliphatic rings. The van der Waals surface area contributed by atoms with Crippen molar-refractivity contribution in [3.8, 4) is 5.75 Å². The van der Waals surface area contributed by atoms with Gasteiger partial charge in [-0.15, -0.1) is 0 Å². The maximum Gasteiger partial charge on any atom is 0.267 e. The van der Waals surface area contributed by atoms with E-state index in [0.29, 0.717) is 39.3 Å². The number of hydrogen-bond donors (Lipinski definition) is 0. The van der Waals surface area contributed by atoms with E-state index in [1.165, 1.54) is 11.8 Å². The van der Waals surface area contributed by atoms with Crippen LogP contribution in [0.5, 0.6) is 5.75 Å². The molecule has 10 heteroatoms. The van der Waals surface area contributed by atoms with Gasteiger partial charge in [0.05, 0.1) is 17.6 Å². The molecule has 198 valence electrons. The second-order valence-corrected chi connectivity index (χ2v) is 11.2. The number of aryl methyl sites for hydroxylation is 1. The Labute approximate surface area is 231 Å². The Bertz CT molecular complexity index is 1480. The zero-order valence-electron chi connectivity index (χ0n) is 22.0. The van der Waals surface area contributed by atoms with Gasteiger partial charge < -0.3 is 14.5 Å². The summed E-state index contributed by atoms with van der Waals surface area (Å²) >= 11 is 6.77. The highest BCUT2D eigenvalue weighted by atomic mass is 32.2. The SMILES string of the molecule is CCC(C)N1C(=O)/C(=C/c2c(N3CCN(c4ccc(OC)cc4)CC3)nc3ccc(C)cn3c2=O)SC1=S. The monoisotopic (exact) mass is 549 g/mol. The second kappa shape index (κ2) is 10.8. The highest BCUT2D eigenvalue weighted by Crippen LogP contribution is 2.35. The first-order valence-corrected chi connectivity index (χ1v) is 14.0. The molecule has 1 aromatic carbocycles. The van der Waals surface area contributed by atoms with Gasteiger partial charge in [0.25, 0.3) is 11.5 Å². The third kappa shape index (κ3) is 4.90.